The lowest BCUT2D eigenvalue weighted by molar-refractivity contribution is -0.384. The summed E-state index contributed by atoms with van der Waals surface area (Å²) in [5, 5.41) is 13.9. The van der Waals surface area contributed by atoms with E-state index in [0.717, 1.165) is 22.8 Å². The van der Waals surface area contributed by atoms with Crippen LogP contribution in [0.2, 0.25) is 0 Å². The minimum Gasteiger partial charge on any atom is -0.388 e. The second-order valence-electron chi connectivity index (χ2n) is 4.83. The first kappa shape index (κ1) is 15.4. The molecule has 0 amide bonds. The summed E-state index contributed by atoms with van der Waals surface area (Å²) in [6.45, 7) is 2.08. The molecule has 0 atom stereocenters. The van der Waals surface area contributed by atoms with E-state index in [9.17, 15) is 10.1 Å². The minimum absolute atomic E-state index is 0.139. The topological polar surface area (TPSA) is 55.2 Å². The normalized spacial score (nSPS) is 10.4. The quantitative estimate of drug-likeness (QED) is 0.635. The molecule has 0 aliphatic rings. The summed E-state index contributed by atoms with van der Waals surface area (Å²) >= 11 is 1.76. The van der Waals surface area contributed by atoms with Crippen molar-refractivity contribution < 1.29 is 4.92 Å². The first-order valence-electron chi connectivity index (χ1n) is 6.68. The van der Waals surface area contributed by atoms with Crippen LogP contribution in [-0.4, -0.2) is 12.0 Å². The van der Waals surface area contributed by atoms with Gasteiger partial charge >= 0.3 is 0 Å². The van der Waals surface area contributed by atoms with Crippen LogP contribution in [0, 0.1) is 17.0 Å². The number of rotatable bonds is 6. The zero-order valence-corrected chi connectivity index (χ0v) is 12.9. The van der Waals surface area contributed by atoms with Crippen LogP contribution in [0.5, 0.6) is 0 Å². The number of non-ortho nitro benzene ring substituents is 1. The Morgan fingerprint density at radius 1 is 1.19 bits per heavy atom. The third-order valence-corrected chi connectivity index (χ3v) is 4.23. The standard InChI is InChI=1S/C16H18N2O2S/c1-12-4-3-5-13(8-12)10-21-11-14-9-15(18(19)20)6-7-16(14)17-2/h3-9,17H,10-11H2,1-2H3. The average Bonchev–Trinajstić information content (AvgIpc) is 2.47. The van der Waals surface area contributed by atoms with Crippen molar-refractivity contribution >= 4 is 23.1 Å². The molecule has 0 saturated carbocycles. The lowest BCUT2D eigenvalue weighted by Crippen LogP contribution is -1.97. The van der Waals surface area contributed by atoms with Gasteiger partial charge in [0.2, 0.25) is 0 Å². The molecular weight excluding hydrogens is 284 g/mol. The Kier molecular flexibility index (Phi) is 5.22. The van der Waals surface area contributed by atoms with Crippen LogP contribution < -0.4 is 5.32 Å². The summed E-state index contributed by atoms with van der Waals surface area (Å²) in [4.78, 5) is 10.5. The van der Waals surface area contributed by atoms with Crippen LogP contribution in [0.4, 0.5) is 11.4 Å². The Balaban J connectivity index is 2.05. The molecule has 4 nitrogen and oxygen atoms in total. The van der Waals surface area contributed by atoms with Gasteiger partial charge in [0.05, 0.1) is 4.92 Å². The van der Waals surface area contributed by atoms with Crippen LogP contribution in [0.15, 0.2) is 42.5 Å². The second kappa shape index (κ2) is 7.13. The molecule has 0 bridgehead atoms. The summed E-state index contributed by atoms with van der Waals surface area (Å²) in [5.74, 6) is 1.64. The molecule has 21 heavy (non-hydrogen) atoms. The van der Waals surface area contributed by atoms with E-state index >= 15 is 0 Å². The minimum atomic E-state index is -0.353. The van der Waals surface area contributed by atoms with Crippen molar-refractivity contribution in [1.29, 1.82) is 0 Å². The van der Waals surface area contributed by atoms with Crippen molar-refractivity contribution in [3.8, 4) is 0 Å². The summed E-state index contributed by atoms with van der Waals surface area (Å²) in [6.07, 6.45) is 0. The van der Waals surface area contributed by atoms with Crippen molar-refractivity contribution in [2.75, 3.05) is 12.4 Å². The molecule has 2 aromatic rings. The van der Waals surface area contributed by atoms with Crippen LogP contribution in [0.25, 0.3) is 0 Å². The highest BCUT2D eigenvalue weighted by Gasteiger charge is 2.10. The molecule has 110 valence electrons. The van der Waals surface area contributed by atoms with Gasteiger partial charge in [-0.15, -0.1) is 0 Å². The van der Waals surface area contributed by atoms with Gasteiger partial charge in [0.15, 0.2) is 0 Å². The highest BCUT2D eigenvalue weighted by Crippen LogP contribution is 2.27. The molecule has 0 heterocycles. The number of nitrogens with one attached hydrogen (secondary N) is 1. The monoisotopic (exact) mass is 302 g/mol. The van der Waals surface area contributed by atoms with Gasteiger partial charge < -0.3 is 5.32 Å². The smallest absolute Gasteiger partial charge is 0.269 e. The first-order valence-corrected chi connectivity index (χ1v) is 7.84. The lowest BCUT2D eigenvalue weighted by atomic mass is 10.2. The maximum Gasteiger partial charge on any atom is 0.269 e. The number of anilines is 1. The molecule has 1 N–H and O–H groups in total. The fraction of sp³-hybridized carbons (Fsp3) is 0.250. The average molecular weight is 302 g/mol. The van der Waals surface area contributed by atoms with Crippen LogP contribution in [-0.2, 0) is 11.5 Å². The van der Waals surface area contributed by atoms with Gasteiger partial charge in [-0.1, -0.05) is 29.8 Å². The van der Waals surface area contributed by atoms with Crippen LogP contribution in [0.3, 0.4) is 0 Å². The summed E-state index contributed by atoms with van der Waals surface area (Å²) in [5.41, 5.74) is 4.57. The van der Waals surface area contributed by atoms with E-state index in [1.54, 1.807) is 23.9 Å². The van der Waals surface area contributed by atoms with E-state index in [2.05, 4.69) is 36.5 Å². The van der Waals surface area contributed by atoms with Crippen molar-refractivity contribution in [3.63, 3.8) is 0 Å². The number of hydrogen-bond acceptors (Lipinski definition) is 4. The molecular formula is C16H18N2O2S. The third-order valence-electron chi connectivity index (χ3n) is 3.18. The number of nitro groups is 1. The van der Waals surface area contributed by atoms with Gasteiger partial charge in [-0.2, -0.15) is 11.8 Å². The Bertz CT molecular complexity index is 644. The van der Waals surface area contributed by atoms with Crippen molar-refractivity contribution in [2.45, 2.75) is 18.4 Å². The van der Waals surface area contributed by atoms with Crippen molar-refractivity contribution in [3.05, 3.63) is 69.3 Å². The zero-order chi connectivity index (χ0) is 15.2. The number of thioether (sulfide) groups is 1. The summed E-state index contributed by atoms with van der Waals surface area (Å²) < 4.78 is 0. The van der Waals surface area contributed by atoms with Crippen molar-refractivity contribution in [1.82, 2.24) is 0 Å². The van der Waals surface area contributed by atoms with Crippen LogP contribution in [0.1, 0.15) is 16.7 Å². The molecule has 0 radical (unpaired) electrons. The Hall–Kier alpha value is -2.01. The molecule has 0 spiro atoms. The van der Waals surface area contributed by atoms with Crippen LogP contribution >= 0.6 is 11.8 Å². The van der Waals surface area contributed by atoms with E-state index in [4.69, 9.17) is 0 Å². The molecule has 2 rings (SSSR count). The Morgan fingerprint density at radius 3 is 2.67 bits per heavy atom. The molecule has 0 saturated heterocycles. The number of benzene rings is 2. The van der Waals surface area contributed by atoms with Gasteiger partial charge in [-0.3, -0.25) is 10.1 Å². The van der Waals surface area contributed by atoms with E-state index in [-0.39, 0.29) is 10.6 Å². The predicted molar refractivity (Wildman–Crippen MR) is 88.8 cm³/mol. The summed E-state index contributed by atoms with van der Waals surface area (Å²) in [7, 11) is 1.83. The molecule has 5 heteroatoms. The van der Waals surface area contributed by atoms with Gasteiger partial charge in [-0.25, -0.2) is 0 Å². The number of hydrogen-bond donors (Lipinski definition) is 1. The van der Waals surface area contributed by atoms with E-state index in [1.807, 2.05) is 7.05 Å². The zero-order valence-electron chi connectivity index (χ0n) is 12.1. The SMILES string of the molecule is CNc1ccc([N+](=O)[O-])cc1CSCc1cccc(C)c1. The summed E-state index contributed by atoms with van der Waals surface area (Å²) in [6, 6.07) is 13.3. The van der Waals surface area contributed by atoms with E-state index in [1.165, 1.54) is 17.2 Å². The fourth-order valence-electron chi connectivity index (χ4n) is 2.14. The number of nitro benzene ring substituents is 1. The maximum absolute atomic E-state index is 10.9. The highest BCUT2D eigenvalue weighted by molar-refractivity contribution is 7.97. The third kappa shape index (κ3) is 4.23. The largest absolute Gasteiger partial charge is 0.388 e. The molecule has 0 fully saturated rings. The van der Waals surface area contributed by atoms with E-state index < -0.39 is 0 Å². The molecule has 0 aliphatic carbocycles. The lowest BCUT2D eigenvalue weighted by Gasteiger charge is -2.09. The van der Waals surface area contributed by atoms with Gasteiger partial charge in [0.1, 0.15) is 0 Å². The second-order valence-corrected chi connectivity index (χ2v) is 5.82. The highest BCUT2D eigenvalue weighted by atomic mass is 32.2. The van der Waals surface area contributed by atoms with Crippen molar-refractivity contribution in [2.24, 2.45) is 0 Å². The fourth-order valence-corrected chi connectivity index (χ4v) is 3.11. The Labute approximate surface area is 128 Å². The van der Waals surface area contributed by atoms with Gasteiger partial charge in [-0.05, 0) is 24.1 Å². The number of aryl methyl sites for hydroxylation is 1. The predicted octanol–water partition coefficient (Wildman–Crippen LogP) is 4.38. The number of nitrogens with zero attached hydrogens (tertiary/aromatic N) is 1. The molecule has 0 aliphatic heterocycles. The van der Waals surface area contributed by atoms with Gasteiger partial charge in [0, 0.05) is 36.4 Å². The Morgan fingerprint density at radius 2 is 2.00 bits per heavy atom. The molecule has 2 aromatic carbocycles. The van der Waals surface area contributed by atoms with Gasteiger partial charge in [0.25, 0.3) is 5.69 Å². The van der Waals surface area contributed by atoms with E-state index in [0.29, 0.717) is 0 Å². The molecule has 0 unspecified atom stereocenters. The first-order chi connectivity index (χ1) is 10.1. The molecule has 0 aromatic heterocycles. The maximum atomic E-state index is 10.9.